The Morgan fingerprint density at radius 3 is 2.84 bits per heavy atom. The number of nitrogens with one attached hydrogen (secondary N) is 1. The quantitative estimate of drug-likeness (QED) is 0.883. The first-order valence-electron chi connectivity index (χ1n) is 6.34. The predicted molar refractivity (Wildman–Crippen MR) is 77.8 cm³/mol. The molecule has 3 nitrogen and oxygen atoms in total. The zero-order valence-electron chi connectivity index (χ0n) is 10.4. The van der Waals surface area contributed by atoms with Crippen molar-refractivity contribution < 1.29 is 4.74 Å². The standard InChI is InChI=1S/C14H15ClN2OS/c15-10-1-5-13(6-2-10)18-8-14-17-12(9-19-14)7-16-11-3-4-11/h1-2,5-6,9,11,16H,3-4,7-8H2. The van der Waals surface area contributed by atoms with Crippen LogP contribution in [0.2, 0.25) is 5.02 Å². The van der Waals surface area contributed by atoms with Gasteiger partial charge >= 0.3 is 0 Å². The van der Waals surface area contributed by atoms with E-state index >= 15 is 0 Å². The van der Waals surface area contributed by atoms with Crippen LogP contribution in [0, 0.1) is 0 Å². The average molecular weight is 295 g/mol. The minimum Gasteiger partial charge on any atom is -0.486 e. The Bertz CT molecular complexity index is 537. The Labute approximate surface area is 121 Å². The molecular formula is C14H15ClN2OS. The van der Waals surface area contributed by atoms with Crippen LogP contribution in [0.15, 0.2) is 29.6 Å². The van der Waals surface area contributed by atoms with Gasteiger partial charge in [0.1, 0.15) is 17.4 Å². The van der Waals surface area contributed by atoms with Crippen molar-refractivity contribution in [1.29, 1.82) is 0 Å². The van der Waals surface area contributed by atoms with Crippen molar-refractivity contribution in [2.24, 2.45) is 0 Å². The summed E-state index contributed by atoms with van der Waals surface area (Å²) in [5.74, 6) is 0.817. The molecule has 1 aromatic carbocycles. The van der Waals surface area contributed by atoms with Crippen LogP contribution in [0.25, 0.3) is 0 Å². The third-order valence-electron chi connectivity index (χ3n) is 2.92. The molecule has 0 radical (unpaired) electrons. The van der Waals surface area contributed by atoms with Crippen molar-refractivity contribution in [3.05, 3.63) is 45.4 Å². The maximum atomic E-state index is 5.82. The molecule has 19 heavy (non-hydrogen) atoms. The van der Waals surface area contributed by atoms with E-state index in [2.05, 4.69) is 15.7 Å². The first kappa shape index (κ1) is 12.9. The summed E-state index contributed by atoms with van der Waals surface area (Å²) >= 11 is 7.47. The van der Waals surface area contributed by atoms with Gasteiger partial charge in [-0.25, -0.2) is 4.98 Å². The van der Waals surface area contributed by atoms with E-state index in [-0.39, 0.29) is 0 Å². The highest BCUT2D eigenvalue weighted by Crippen LogP contribution is 2.20. The predicted octanol–water partition coefficient (Wildman–Crippen LogP) is 3.63. The molecule has 5 heteroatoms. The number of hydrogen-bond acceptors (Lipinski definition) is 4. The number of benzene rings is 1. The van der Waals surface area contributed by atoms with E-state index in [4.69, 9.17) is 16.3 Å². The van der Waals surface area contributed by atoms with Crippen LogP contribution in [0.1, 0.15) is 23.5 Å². The molecule has 0 spiro atoms. The van der Waals surface area contributed by atoms with Crippen molar-refractivity contribution >= 4 is 22.9 Å². The number of halogens is 1. The normalized spacial score (nSPS) is 14.6. The van der Waals surface area contributed by atoms with Gasteiger partial charge in [0.25, 0.3) is 0 Å². The number of hydrogen-bond donors (Lipinski definition) is 1. The summed E-state index contributed by atoms with van der Waals surface area (Å²) in [5, 5.41) is 7.27. The van der Waals surface area contributed by atoms with Crippen molar-refractivity contribution in [1.82, 2.24) is 10.3 Å². The Balaban J connectivity index is 1.50. The van der Waals surface area contributed by atoms with Crippen LogP contribution in [-0.4, -0.2) is 11.0 Å². The molecule has 3 rings (SSSR count). The minimum absolute atomic E-state index is 0.510. The van der Waals surface area contributed by atoms with Crippen molar-refractivity contribution in [3.8, 4) is 5.75 Å². The second kappa shape index (κ2) is 5.90. The summed E-state index contributed by atoms with van der Waals surface area (Å²) in [7, 11) is 0. The SMILES string of the molecule is Clc1ccc(OCc2nc(CNC3CC3)cs2)cc1. The number of aromatic nitrogens is 1. The van der Waals surface area contributed by atoms with Gasteiger partial charge < -0.3 is 10.1 Å². The Morgan fingerprint density at radius 2 is 2.11 bits per heavy atom. The molecule has 0 bridgehead atoms. The van der Waals surface area contributed by atoms with Crippen LogP contribution in [-0.2, 0) is 13.2 Å². The molecule has 1 fully saturated rings. The molecule has 1 N–H and O–H groups in total. The summed E-state index contributed by atoms with van der Waals surface area (Å²) in [6, 6.07) is 8.10. The van der Waals surface area contributed by atoms with Gasteiger partial charge in [-0.2, -0.15) is 0 Å². The fourth-order valence-corrected chi connectivity index (χ4v) is 2.54. The van der Waals surface area contributed by atoms with Gasteiger partial charge in [0.15, 0.2) is 0 Å². The van der Waals surface area contributed by atoms with Gasteiger partial charge in [0.05, 0.1) is 5.69 Å². The van der Waals surface area contributed by atoms with Crippen molar-refractivity contribution in [3.63, 3.8) is 0 Å². The fraction of sp³-hybridized carbons (Fsp3) is 0.357. The maximum Gasteiger partial charge on any atom is 0.140 e. The summed E-state index contributed by atoms with van der Waals surface area (Å²) in [5.41, 5.74) is 1.10. The molecule has 1 saturated carbocycles. The highest BCUT2D eigenvalue weighted by atomic mass is 35.5. The Hall–Kier alpha value is -1.10. The molecule has 2 aromatic rings. The molecule has 1 aliphatic rings. The van der Waals surface area contributed by atoms with Gasteiger partial charge in [-0.15, -0.1) is 11.3 Å². The number of thiazole rings is 1. The van der Waals surface area contributed by atoms with Gasteiger partial charge in [-0.05, 0) is 37.1 Å². The third kappa shape index (κ3) is 3.93. The lowest BCUT2D eigenvalue weighted by Crippen LogP contribution is -2.15. The van der Waals surface area contributed by atoms with Crippen molar-refractivity contribution in [2.45, 2.75) is 32.0 Å². The number of ether oxygens (including phenoxy) is 1. The number of nitrogens with zero attached hydrogens (tertiary/aromatic N) is 1. The average Bonchev–Trinajstić information content (AvgIpc) is 3.15. The topological polar surface area (TPSA) is 34.1 Å². The molecule has 0 saturated heterocycles. The molecule has 0 atom stereocenters. The monoisotopic (exact) mass is 294 g/mol. The van der Waals surface area contributed by atoms with Gasteiger partial charge in [0, 0.05) is 23.0 Å². The van der Waals surface area contributed by atoms with Crippen molar-refractivity contribution in [2.75, 3.05) is 0 Å². The van der Waals surface area contributed by atoms with Crippen LogP contribution in [0.4, 0.5) is 0 Å². The van der Waals surface area contributed by atoms with E-state index in [0.717, 1.165) is 34.1 Å². The lowest BCUT2D eigenvalue weighted by Gasteiger charge is -2.03. The van der Waals surface area contributed by atoms with E-state index in [1.807, 2.05) is 24.3 Å². The Kier molecular flexibility index (Phi) is 4.01. The van der Waals surface area contributed by atoms with Gasteiger partial charge in [-0.1, -0.05) is 11.6 Å². The first-order valence-corrected chi connectivity index (χ1v) is 7.60. The highest BCUT2D eigenvalue weighted by Gasteiger charge is 2.20. The Morgan fingerprint density at radius 1 is 1.32 bits per heavy atom. The summed E-state index contributed by atoms with van der Waals surface area (Å²) in [6.07, 6.45) is 2.60. The summed E-state index contributed by atoms with van der Waals surface area (Å²) in [6.45, 7) is 1.37. The van der Waals surface area contributed by atoms with E-state index in [1.54, 1.807) is 11.3 Å². The molecular weight excluding hydrogens is 280 g/mol. The fourth-order valence-electron chi connectivity index (χ4n) is 1.71. The second-order valence-electron chi connectivity index (χ2n) is 4.63. The van der Waals surface area contributed by atoms with Crippen LogP contribution >= 0.6 is 22.9 Å². The molecule has 1 aliphatic carbocycles. The zero-order valence-corrected chi connectivity index (χ0v) is 12.0. The second-order valence-corrected chi connectivity index (χ2v) is 6.01. The molecule has 0 aliphatic heterocycles. The lowest BCUT2D eigenvalue weighted by molar-refractivity contribution is 0.305. The lowest BCUT2D eigenvalue weighted by atomic mass is 10.3. The molecule has 100 valence electrons. The smallest absolute Gasteiger partial charge is 0.140 e. The minimum atomic E-state index is 0.510. The largest absolute Gasteiger partial charge is 0.486 e. The van der Waals surface area contributed by atoms with E-state index < -0.39 is 0 Å². The molecule has 0 amide bonds. The molecule has 1 heterocycles. The summed E-state index contributed by atoms with van der Waals surface area (Å²) < 4.78 is 5.67. The third-order valence-corrected chi connectivity index (χ3v) is 4.05. The van der Waals surface area contributed by atoms with Crippen LogP contribution in [0.3, 0.4) is 0 Å². The van der Waals surface area contributed by atoms with E-state index in [1.165, 1.54) is 12.8 Å². The number of rotatable bonds is 6. The first-order chi connectivity index (χ1) is 9.29. The maximum absolute atomic E-state index is 5.82. The molecule has 1 aromatic heterocycles. The van der Waals surface area contributed by atoms with Gasteiger partial charge in [-0.3, -0.25) is 0 Å². The van der Waals surface area contributed by atoms with Crippen LogP contribution in [0.5, 0.6) is 5.75 Å². The van der Waals surface area contributed by atoms with E-state index in [9.17, 15) is 0 Å². The van der Waals surface area contributed by atoms with E-state index in [0.29, 0.717) is 6.61 Å². The molecule has 0 unspecified atom stereocenters. The zero-order chi connectivity index (χ0) is 13.1. The van der Waals surface area contributed by atoms with Crippen LogP contribution < -0.4 is 10.1 Å². The summed E-state index contributed by atoms with van der Waals surface area (Å²) in [4.78, 5) is 4.55. The highest BCUT2D eigenvalue weighted by molar-refractivity contribution is 7.09. The van der Waals surface area contributed by atoms with Gasteiger partial charge in [0.2, 0.25) is 0 Å².